The molecule has 0 spiro atoms. The van der Waals surface area contributed by atoms with Crippen LogP contribution < -0.4 is 5.19 Å². The highest BCUT2D eigenvalue weighted by molar-refractivity contribution is 6.91. The molecule has 0 heterocycles. The minimum atomic E-state index is -1.49. The Labute approximate surface area is 99.5 Å². The summed E-state index contributed by atoms with van der Waals surface area (Å²) in [4.78, 5) is 0. The van der Waals surface area contributed by atoms with Crippen LogP contribution in [0.5, 0.6) is 0 Å². The van der Waals surface area contributed by atoms with Gasteiger partial charge in [0.1, 0.15) is 0 Å². The Bertz CT molecular complexity index is 334. The lowest BCUT2D eigenvalue weighted by Crippen LogP contribution is -2.50. The Morgan fingerprint density at radius 1 is 1.06 bits per heavy atom. The van der Waals surface area contributed by atoms with Gasteiger partial charge >= 0.3 is 0 Å². The van der Waals surface area contributed by atoms with E-state index < -0.39 is 8.07 Å². The molecule has 1 aromatic rings. The van der Waals surface area contributed by atoms with E-state index in [-0.39, 0.29) is 6.10 Å². The van der Waals surface area contributed by atoms with Crippen molar-refractivity contribution in [1.82, 2.24) is 0 Å². The summed E-state index contributed by atoms with van der Waals surface area (Å²) >= 11 is 0. The van der Waals surface area contributed by atoms with E-state index >= 15 is 0 Å². The number of rotatable bonds is 2. The van der Waals surface area contributed by atoms with E-state index in [4.69, 9.17) is 0 Å². The Balaban J connectivity index is 2.23. The van der Waals surface area contributed by atoms with Crippen molar-refractivity contribution in [2.45, 2.75) is 50.4 Å². The molecule has 16 heavy (non-hydrogen) atoms. The van der Waals surface area contributed by atoms with E-state index in [0.717, 1.165) is 6.42 Å². The fraction of sp³-hybridized carbons (Fsp3) is 0.571. The van der Waals surface area contributed by atoms with Crippen molar-refractivity contribution >= 4 is 13.3 Å². The van der Waals surface area contributed by atoms with Crippen LogP contribution in [0, 0.1) is 0 Å². The minimum absolute atomic E-state index is 0.0596. The van der Waals surface area contributed by atoms with E-state index in [1.54, 1.807) is 0 Å². The number of benzene rings is 1. The number of aliphatic hydroxyl groups is 1. The standard InChI is InChI=1S/C14H22OSi/c1-16(2,12-8-4-3-5-9-12)14-11-7-6-10-13(14)15/h3-5,8-9,13-15H,6-7,10-11H2,1-2H3/t13?,14-/m0/s1. The van der Waals surface area contributed by atoms with Crippen LogP contribution >= 0.6 is 0 Å². The zero-order chi connectivity index (χ0) is 11.6. The molecule has 0 saturated heterocycles. The van der Waals surface area contributed by atoms with Crippen molar-refractivity contribution < 1.29 is 5.11 Å². The lowest BCUT2D eigenvalue weighted by molar-refractivity contribution is 0.128. The van der Waals surface area contributed by atoms with Gasteiger partial charge in [0.2, 0.25) is 0 Å². The summed E-state index contributed by atoms with van der Waals surface area (Å²) in [5.41, 5.74) is 0.545. The monoisotopic (exact) mass is 234 g/mol. The van der Waals surface area contributed by atoms with E-state index in [2.05, 4.69) is 43.4 Å². The molecule has 2 heteroatoms. The lowest BCUT2D eigenvalue weighted by atomic mass is 9.97. The predicted octanol–water partition coefficient (Wildman–Crippen LogP) is 2.91. The molecule has 1 saturated carbocycles. The summed E-state index contributed by atoms with van der Waals surface area (Å²) in [5, 5.41) is 11.7. The average Bonchev–Trinajstić information content (AvgIpc) is 2.30. The van der Waals surface area contributed by atoms with Gasteiger partial charge in [-0.15, -0.1) is 0 Å². The van der Waals surface area contributed by atoms with Crippen LogP contribution in [0.1, 0.15) is 25.7 Å². The lowest BCUT2D eigenvalue weighted by Gasteiger charge is -2.39. The molecular weight excluding hydrogens is 212 g/mol. The van der Waals surface area contributed by atoms with Crippen molar-refractivity contribution in [3.05, 3.63) is 30.3 Å². The maximum atomic E-state index is 10.2. The molecule has 2 atom stereocenters. The number of hydrogen-bond donors (Lipinski definition) is 1. The van der Waals surface area contributed by atoms with E-state index in [1.807, 2.05) is 0 Å². The van der Waals surface area contributed by atoms with E-state index in [9.17, 15) is 5.11 Å². The summed E-state index contributed by atoms with van der Waals surface area (Å²) in [6.07, 6.45) is 4.67. The molecule has 0 aromatic heterocycles. The van der Waals surface area contributed by atoms with Crippen LogP contribution in [0.25, 0.3) is 0 Å². The van der Waals surface area contributed by atoms with Gasteiger partial charge in [0.25, 0.3) is 0 Å². The van der Waals surface area contributed by atoms with Gasteiger partial charge in [-0.1, -0.05) is 67.9 Å². The second-order valence-corrected chi connectivity index (χ2v) is 10.3. The second-order valence-electron chi connectivity index (χ2n) is 5.55. The molecule has 0 aliphatic heterocycles. The smallest absolute Gasteiger partial charge is 0.0862 e. The van der Waals surface area contributed by atoms with Crippen LogP contribution in [-0.4, -0.2) is 19.3 Å². The summed E-state index contributed by atoms with van der Waals surface area (Å²) in [7, 11) is -1.49. The summed E-state index contributed by atoms with van der Waals surface area (Å²) in [5.74, 6) is 0. The predicted molar refractivity (Wildman–Crippen MR) is 71.8 cm³/mol. The normalized spacial score (nSPS) is 26.7. The highest BCUT2D eigenvalue weighted by atomic mass is 28.3. The van der Waals surface area contributed by atoms with Crippen LogP contribution in [0.3, 0.4) is 0 Å². The topological polar surface area (TPSA) is 20.2 Å². The number of aliphatic hydroxyl groups excluding tert-OH is 1. The molecule has 0 bridgehead atoms. The van der Waals surface area contributed by atoms with E-state index in [0.29, 0.717) is 5.54 Å². The first-order valence-corrected chi connectivity index (χ1v) is 9.43. The van der Waals surface area contributed by atoms with E-state index in [1.165, 1.54) is 24.4 Å². The van der Waals surface area contributed by atoms with Crippen molar-refractivity contribution in [2.75, 3.05) is 0 Å². The highest BCUT2D eigenvalue weighted by Gasteiger charge is 2.39. The van der Waals surface area contributed by atoms with Gasteiger partial charge in [0, 0.05) is 0 Å². The first kappa shape index (κ1) is 11.9. The fourth-order valence-electron chi connectivity index (χ4n) is 3.03. The second kappa shape index (κ2) is 4.72. The average molecular weight is 234 g/mol. The third-order valence-electron chi connectivity index (χ3n) is 4.17. The molecular formula is C14H22OSi. The molecule has 1 aliphatic carbocycles. The molecule has 2 rings (SSSR count). The van der Waals surface area contributed by atoms with Gasteiger partial charge in [-0.3, -0.25) is 0 Å². The number of hydrogen-bond acceptors (Lipinski definition) is 1. The maximum absolute atomic E-state index is 10.2. The molecule has 1 fully saturated rings. The maximum Gasteiger partial charge on any atom is 0.0862 e. The van der Waals surface area contributed by atoms with Crippen molar-refractivity contribution in [1.29, 1.82) is 0 Å². The largest absolute Gasteiger partial charge is 0.393 e. The Morgan fingerprint density at radius 2 is 1.69 bits per heavy atom. The highest BCUT2D eigenvalue weighted by Crippen LogP contribution is 2.36. The molecule has 1 nitrogen and oxygen atoms in total. The first-order chi connectivity index (χ1) is 7.62. The SMILES string of the molecule is C[Si](C)(c1ccccc1)[C@H]1CCCCC1O. The van der Waals surface area contributed by atoms with Gasteiger partial charge in [-0.05, 0) is 12.0 Å². The van der Waals surface area contributed by atoms with Gasteiger partial charge in [0.05, 0.1) is 14.2 Å². The molecule has 1 aliphatic rings. The Kier molecular flexibility index (Phi) is 3.50. The third kappa shape index (κ3) is 2.23. The first-order valence-electron chi connectivity index (χ1n) is 6.36. The molecule has 1 N–H and O–H groups in total. The third-order valence-corrected chi connectivity index (χ3v) is 8.52. The molecule has 1 unspecified atom stereocenters. The summed E-state index contributed by atoms with van der Waals surface area (Å²) in [6.45, 7) is 4.81. The molecule has 1 aromatic carbocycles. The molecule has 0 amide bonds. The quantitative estimate of drug-likeness (QED) is 0.780. The van der Waals surface area contributed by atoms with Crippen LogP contribution in [-0.2, 0) is 0 Å². The van der Waals surface area contributed by atoms with Gasteiger partial charge in [-0.25, -0.2) is 0 Å². The zero-order valence-corrected chi connectivity index (χ0v) is 11.3. The summed E-state index contributed by atoms with van der Waals surface area (Å²) < 4.78 is 0. The van der Waals surface area contributed by atoms with Crippen LogP contribution in [0.15, 0.2) is 30.3 Å². The fourth-order valence-corrected chi connectivity index (χ4v) is 6.57. The van der Waals surface area contributed by atoms with Crippen molar-refractivity contribution in [3.63, 3.8) is 0 Å². The Hall–Kier alpha value is -0.603. The van der Waals surface area contributed by atoms with Gasteiger partial charge in [0.15, 0.2) is 0 Å². The van der Waals surface area contributed by atoms with Gasteiger partial charge in [-0.2, -0.15) is 0 Å². The van der Waals surface area contributed by atoms with Gasteiger partial charge < -0.3 is 5.11 Å². The Morgan fingerprint density at radius 3 is 2.31 bits per heavy atom. The zero-order valence-electron chi connectivity index (χ0n) is 10.3. The summed E-state index contributed by atoms with van der Waals surface area (Å²) in [6, 6.07) is 10.8. The van der Waals surface area contributed by atoms with Crippen molar-refractivity contribution in [2.24, 2.45) is 0 Å². The van der Waals surface area contributed by atoms with Crippen LogP contribution in [0.2, 0.25) is 18.6 Å². The minimum Gasteiger partial charge on any atom is -0.393 e. The molecule has 0 radical (unpaired) electrons. The molecule has 88 valence electrons. The van der Waals surface area contributed by atoms with Crippen LogP contribution in [0.4, 0.5) is 0 Å². The van der Waals surface area contributed by atoms with Crippen molar-refractivity contribution in [3.8, 4) is 0 Å².